The van der Waals surface area contributed by atoms with Crippen molar-refractivity contribution in [3.8, 4) is 0 Å². The van der Waals surface area contributed by atoms with Gasteiger partial charge in [-0.3, -0.25) is 4.79 Å². The van der Waals surface area contributed by atoms with Gasteiger partial charge in [0.15, 0.2) is 5.95 Å². The average molecular weight is 196 g/mol. The van der Waals surface area contributed by atoms with Crippen LogP contribution in [-0.4, -0.2) is 28.3 Å². The van der Waals surface area contributed by atoms with Crippen LogP contribution < -0.4 is 11.1 Å². The molecular weight excluding hydrogens is 184 g/mol. The molecule has 1 heterocycles. The van der Waals surface area contributed by atoms with Crippen molar-refractivity contribution < 1.29 is 9.59 Å². The maximum absolute atomic E-state index is 11.2. The van der Waals surface area contributed by atoms with Crippen molar-refractivity contribution in [3.05, 3.63) is 11.9 Å². The van der Waals surface area contributed by atoms with E-state index in [-0.39, 0.29) is 18.9 Å². The number of hydrogen-bond acceptors (Lipinski definition) is 4. The summed E-state index contributed by atoms with van der Waals surface area (Å²) in [6.07, 6.45) is 2.35. The highest BCUT2D eigenvalue weighted by molar-refractivity contribution is 5.80. The van der Waals surface area contributed by atoms with Gasteiger partial charge in [-0.05, 0) is 0 Å². The molecule has 6 nitrogen and oxygen atoms in total. The van der Waals surface area contributed by atoms with E-state index in [9.17, 15) is 9.59 Å². The van der Waals surface area contributed by atoms with Crippen molar-refractivity contribution in [2.75, 3.05) is 12.3 Å². The van der Waals surface area contributed by atoms with Crippen LogP contribution in [0.2, 0.25) is 0 Å². The second-order valence-electron chi connectivity index (χ2n) is 2.81. The topological polar surface area (TPSA) is 90.0 Å². The SMILES string of the molecule is Cn1c(CC(=O)NCC=O)cnc1N. The molecule has 1 aromatic heterocycles. The van der Waals surface area contributed by atoms with E-state index >= 15 is 0 Å². The summed E-state index contributed by atoms with van der Waals surface area (Å²) in [6, 6.07) is 0. The first-order valence-electron chi connectivity index (χ1n) is 4.11. The molecular formula is C8H12N4O2. The number of imidazole rings is 1. The number of rotatable bonds is 4. The minimum Gasteiger partial charge on any atom is -0.369 e. The Morgan fingerprint density at radius 3 is 3.00 bits per heavy atom. The fourth-order valence-corrected chi connectivity index (χ4v) is 1.01. The Hall–Kier alpha value is -1.85. The molecule has 0 aromatic carbocycles. The number of carbonyl (C=O) groups excluding carboxylic acids is 2. The van der Waals surface area contributed by atoms with E-state index in [1.54, 1.807) is 11.6 Å². The highest BCUT2D eigenvalue weighted by atomic mass is 16.2. The van der Waals surface area contributed by atoms with E-state index in [0.29, 0.717) is 17.9 Å². The largest absolute Gasteiger partial charge is 0.369 e. The van der Waals surface area contributed by atoms with Gasteiger partial charge in [-0.1, -0.05) is 0 Å². The predicted octanol–water partition coefficient (Wildman–Crippen LogP) is -1.14. The molecule has 1 aromatic rings. The van der Waals surface area contributed by atoms with E-state index in [0.717, 1.165) is 0 Å². The fraction of sp³-hybridized carbons (Fsp3) is 0.375. The van der Waals surface area contributed by atoms with Crippen LogP contribution in [0.15, 0.2) is 6.20 Å². The van der Waals surface area contributed by atoms with Gasteiger partial charge in [0.1, 0.15) is 6.29 Å². The summed E-state index contributed by atoms with van der Waals surface area (Å²) in [7, 11) is 1.73. The van der Waals surface area contributed by atoms with Gasteiger partial charge in [0.2, 0.25) is 5.91 Å². The highest BCUT2D eigenvalue weighted by Gasteiger charge is 2.07. The van der Waals surface area contributed by atoms with Gasteiger partial charge in [0.05, 0.1) is 19.2 Å². The first-order valence-corrected chi connectivity index (χ1v) is 4.11. The van der Waals surface area contributed by atoms with E-state index < -0.39 is 0 Å². The lowest BCUT2D eigenvalue weighted by Gasteiger charge is -2.02. The third-order valence-corrected chi connectivity index (χ3v) is 1.84. The summed E-state index contributed by atoms with van der Waals surface area (Å²) < 4.78 is 1.63. The van der Waals surface area contributed by atoms with Crippen LogP contribution in [0.4, 0.5) is 5.95 Å². The maximum atomic E-state index is 11.2. The number of aldehydes is 1. The molecule has 14 heavy (non-hydrogen) atoms. The first-order chi connectivity index (χ1) is 6.65. The van der Waals surface area contributed by atoms with Gasteiger partial charge in [-0.15, -0.1) is 0 Å². The Kier molecular flexibility index (Phi) is 3.22. The lowest BCUT2D eigenvalue weighted by atomic mass is 10.3. The van der Waals surface area contributed by atoms with E-state index in [4.69, 9.17) is 5.73 Å². The molecule has 0 saturated carbocycles. The van der Waals surface area contributed by atoms with Gasteiger partial charge in [-0.2, -0.15) is 0 Å². The number of hydrogen-bond donors (Lipinski definition) is 2. The molecule has 0 bridgehead atoms. The van der Waals surface area contributed by atoms with Crippen LogP contribution in [0.1, 0.15) is 5.69 Å². The zero-order valence-corrected chi connectivity index (χ0v) is 7.86. The maximum Gasteiger partial charge on any atom is 0.226 e. The molecule has 3 N–H and O–H groups in total. The van der Waals surface area contributed by atoms with Crippen LogP contribution in [-0.2, 0) is 23.1 Å². The monoisotopic (exact) mass is 196 g/mol. The normalized spacial score (nSPS) is 9.79. The molecule has 76 valence electrons. The van der Waals surface area contributed by atoms with Crippen molar-refractivity contribution in [2.45, 2.75) is 6.42 Å². The van der Waals surface area contributed by atoms with Crippen LogP contribution in [0.25, 0.3) is 0 Å². The molecule has 0 spiro atoms. The Bertz CT molecular complexity index is 345. The van der Waals surface area contributed by atoms with Gasteiger partial charge < -0.3 is 20.4 Å². The average Bonchev–Trinajstić information content (AvgIpc) is 2.46. The second-order valence-corrected chi connectivity index (χ2v) is 2.81. The molecule has 0 radical (unpaired) electrons. The Labute approximate surface area is 81.1 Å². The number of carbonyl (C=O) groups is 2. The van der Waals surface area contributed by atoms with Crippen LogP contribution in [0.5, 0.6) is 0 Å². The molecule has 1 amide bonds. The van der Waals surface area contributed by atoms with Gasteiger partial charge >= 0.3 is 0 Å². The number of nitrogens with zero attached hydrogens (tertiary/aromatic N) is 2. The number of nitrogens with two attached hydrogens (primary N) is 1. The van der Waals surface area contributed by atoms with Crippen molar-refractivity contribution in [2.24, 2.45) is 7.05 Å². The molecule has 0 atom stereocenters. The summed E-state index contributed by atoms with van der Waals surface area (Å²) in [6.45, 7) is 0.0339. The molecule has 0 aliphatic rings. The molecule has 0 saturated heterocycles. The molecule has 0 unspecified atom stereocenters. The smallest absolute Gasteiger partial charge is 0.226 e. The van der Waals surface area contributed by atoms with Crippen molar-refractivity contribution >= 4 is 18.1 Å². The molecule has 0 fully saturated rings. The number of aromatic nitrogens is 2. The van der Waals surface area contributed by atoms with Gasteiger partial charge in [0, 0.05) is 12.7 Å². The van der Waals surface area contributed by atoms with Gasteiger partial charge in [-0.25, -0.2) is 4.98 Å². The lowest BCUT2D eigenvalue weighted by Crippen LogP contribution is -2.27. The zero-order chi connectivity index (χ0) is 10.6. The number of anilines is 1. The van der Waals surface area contributed by atoms with Crippen LogP contribution in [0.3, 0.4) is 0 Å². The number of nitrogens with one attached hydrogen (secondary N) is 1. The van der Waals surface area contributed by atoms with Crippen molar-refractivity contribution in [3.63, 3.8) is 0 Å². The van der Waals surface area contributed by atoms with E-state index in [1.807, 2.05) is 0 Å². The fourth-order valence-electron chi connectivity index (χ4n) is 1.01. The summed E-state index contributed by atoms with van der Waals surface area (Å²) in [5, 5.41) is 2.43. The Balaban J connectivity index is 2.56. The summed E-state index contributed by atoms with van der Waals surface area (Å²) in [5.74, 6) is 0.142. The molecule has 6 heteroatoms. The molecule has 0 aliphatic carbocycles. The van der Waals surface area contributed by atoms with E-state index in [1.165, 1.54) is 6.20 Å². The number of nitrogen functional groups attached to an aromatic ring is 1. The van der Waals surface area contributed by atoms with E-state index in [2.05, 4.69) is 10.3 Å². The number of amides is 1. The quantitative estimate of drug-likeness (QED) is 0.595. The second kappa shape index (κ2) is 4.40. The van der Waals surface area contributed by atoms with Gasteiger partial charge in [0.25, 0.3) is 0 Å². The van der Waals surface area contributed by atoms with Crippen LogP contribution >= 0.6 is 0 Å². The Morgan fingerprint density at radius 2 is 2.50 bits per heavy atom. The van der Waals surface area contributed by atoms with Crippen molar-refractivity contribution in [1.29, 1.82) is 0 Å². The first kappa shape index (κ1) is 10.2. The molecule has 1 rings (SSSR count). The lowest BCUT2D eigenvalue weighted by molar-refractivity contribution is -0.122. The minimum absolute atomic E-state index is 0.0339. The summed E-state index contributed by atoms with van der Waals surface area (Å²) in [5.41, 5.74) is 6.19. The predicted molar refractivity (Wildman–Crippen MR) is 50.4 cm³/mol. The standard InChI is InChI=1S/C8H12N4O2/c1-12-6(5-11-8(12)9)4-7(14)10-2-3-13/h3,5H,2,4H2,1H3,(H2,9,11)(H,10,14). The molecule has 0 aliphatic heterocycles. The minimum atomic E-state index is -0.222. The third kappa shape index (κ3) is 2.32. The zero-order valence-electron chi connectivity index (χ0n) is 7.86. The Morgan fingerprint density at radius 1 is 1.79 bits per heavy atom. The van der Waals surface area contributed by atoms with Crippen LogP contribution in [0, 0.1) is 0 Å². The summed E-state index contributed by atoms with van der Waals surface area (Å²) in [4.78, 5) is 25.0. The third-order valence-electron chi connectivity index (χ3n) is 1.84. The highest BCUT2D eigenvalue weighted by Crippen LogP contribution is 2.04. The van der Waals surface area contributed by atoms with Crippen molar-refractivity contribution in [1.82, 2.24) is 14.9 Å². The summed E-state index contributed by atoms with van der Waals surface area (Å²) >= 11 is 0.